The fraction of sp³-hybridized carbons (Fsp3) is 0.214. The van der Waals surface area contributed by atoms with Crippen LogP contribution in [0, 0.1) is 5.82 Å². The maximum absolute atomic E-state index is 13.7. The SMILES string of the molecule is COc1cc2c(cc1F)nc(N)n2C(C)c1ccco1. The number of methoxy groups -OCH3 is 1. The highest BCUT2D eigenvalue weighted by molar-refractivity contribution is 5.80. The molecule has 1 aromatic carbocycles. The van der Waals surface area contributed by atoms with E-state index in [9.17, 15) is 4.39 Å². The number of fused-ring (bicyclic) bond motifs is 1. The number of aromatic nitrogens is 2. The van der Waals surface area contributed by atoms with E-state index in [-0.39, 0.29) is 11.8 Å². The quantitative estimate of drug-likeness (QED) is 0.798. The van der Waals surface area contributed by atoms with Crippen molar-refractivity contribution in [3.63, 3.8) is 0 Å². The van der Waals surface area contributed by atoms with Crippen molar-refractivity contribution >= 4 is 17.0 Å². The van der Waals surface area contributed by atoms with Crippen LogP contribution in [0.5, 0.6) is 5.75 Å². The summed E-state index contributed by atoms with van der Waals surface area (Å²) in [5.41, 5.74) is 7.13. The summed E-state index contributed by atoms with van der Waals surface area (Å²) >= 11 is 0. The van der Waals surface area contributed by atoms with Crippen molar-refractivity contribution in [2.45, 2.75) is 13.0 Å². The number of halogens is 1. The molecule has 0 saturated heterocycles. The highest BCUT2D eigenvalue weighted by Gasteiger charge is 2.19. The van der Waals surface area contributed by atoms with E-state index in [0.29, 0.717) is 17.0 Å². The molecule has 2 heterocycles. The van der Waals surface area contributed by atoms with Crippen molar-refractivity contribution in [2.75, 3.05) is 12.8 Å². The number of furan rings is 1. The summed E-state index contributed by atoms with van der Waals surface area (Å²) in [5, 5.41) is 0. The molecule has 3 aromatic rings. The molecule has 2 N–H and O–H groups in total. The van der Waals surface area contributed by atoms with Crippen LogP contribution < -0.4 is 10.5 Å². The molecular weight excluding hydrogens is 261 g/mol. The Morgan fingerprint density at radius 1 is 1.45 bits per heavy atom. The Hall–Kier alpha value is -2.50. The van der Waals surface area contributed by atoms with Gasteiger partial charge < -0.3 is 14.9 Å². The van der Waals surface area contributed by atoms with Crippen LogP contribution in [0.3, 0.4) is 0 Å². The topological polar surface area (TPSA) is 66.2 Å². The van der Waals surface area contributed by atoms with Crippen molar-refractivity contribution in [3.05, 3.63) is 42.1 Å². The molecule has 0 aliphatic rings. The molecule has 0 aliphatic carbocycles. The van der Waals surface area contributed by atoms with E-state index in [4.69, 9.17) is 14.9 Å². The van der Waals surface area contributed by atoms with E-state index >= 15 is 0 Å². The first-order valence-electron chi connectivity index (χ1n) is 6.16. The van der Waals surface area contributed by atoms with Crippen LogP contribution in [0.2, 0.25) is 0 Å². The number of benzene rings is 1. The molecule has 20 heavy (non-hydrogen) atoms. The predicted molar refractivity (Wildman–Crippen MR) is 73.2 cm³/mol. The summed E-state index contributed by atoms with van der Waals surface area (Å²) in [6.45, 7) is 1.94. The summed E-state index contributed by atoms with van der Waals surface area (Å²) in [5.74, 6) is 0.747. The number of nitrogens with zero attached hydrogens (tertiary/aromatic N) is 2. The Morgan fingerprint density at radius 3 is 2.90 bits per heavy atom. The van der Waals surface area contributed by atoms with Gasteiger partial charge in [0.25, 0.3) is 0 Å². The van der Waals surface area contributed by atoms with Gasteiger partial charge in [-0.2, -0.15) is 0 Å². The second-order valence-corrected chi connectivity index (χ2v) is 4.51. The zero-order chi connectivity index (χ0) is 14.3. The van der Waals surface area contributed by atoms with Crippen LogP contribution in [0.4, 0.5) is 10.3 Å². The number of imidazole rings is 1. The Balaban J connectivity index is 2.22. The lowest BCUT2D eigenvalue weighted by Crippen LogP contribution is -2.09. The molecular formula is C14H14FN3O2. The molecule has 6 heteroatoms. The molecule has 5 nitrogen and oxygen atoms in total. The maximum atomic E-state index is 13.7. The highest BCUT2D eigenvalue weighted by atomic mass is 19.1. The maximum Gasteiger partial charge on any atom is 0.201 e. The van der Waals surface area contributed by atoms with E-state index in [1.54, 1.807) is 23.0 Å². The van der Waals surface area contributed by atoms with E-state index in [1.165, 1.54) is 13.2 Å². The van der Waals surface area contributed by atoms with Crippen LogP contribution in [0.15, 0.2) is 34.9 Å². The second kappa shape index (κ2) is 4.56. The van der Waals surface area contributed by atoms with E-state index < -0.39 is 5.82 Å². The van der Waals surface area contributed by atoms with Gasteiger partial charge in [-0.25, -0.2) is 9.37 Å². The van der Waals surface area contributed by atoms with Gasteiger partial charge in [-0.3, -0.25) is 4.57 Å². The standard InChI is InChI=1S/C14H14FN3O2/c1-8(12-4-3-5-20-12)18-11-7-13(19-2)9(15)6-10(11)17-14(18)16/h3-8H,1-2H3,(H2,16,17). The van der Waals surface area contributed by atoms with Crippen molar-refractivity contribution in [3.8, 4) is 5.75 Å². The summed E-state index contributed by atoms with van der Waals surface area (Å²) in [6, 6.07) is 6.42. The zero-order valence-corrected chi connectivity index (χ0v) is 11.1. The molecule has 0 spiro atoms. The molecule has 0 bridgehead atoms. The number of hydrogen-bond donors (Lipinski definition) is 1. The lowest BCUT2D eigenvalue weighted by Gasteiger charge is -2.14. The van der Waals surface area contributed by atoms with Crippen molar-refractivity contribution in [2.24, 2.45) is 0 Å². The molecule has 0 amide bonds. The van der Waals surface area contributed by atoms with Crippen LogP contribution in [-0.4, -0.2) is 16.7 Å². The van der Waals surface area contributed by atoms with Crippen molar-refractivity contribution in [1.82, 2.24) is 9.55 Å². The Morgan fingerprint density at radius 2 is 2.25 bits per heavy atom. The van der Waals surface area contributed by atoms with E-state index in [0.717, 1.165) is 5.76 Å². The first kappa shape index (κ1) is 12.5. The van der Waals surface area contributed by atoms with Gasteiger partial charge >= 0.3 is 0 Å². The van der Waals surface area contributed by atoms with Gasteiger partial charge in [0.2, 0.25) is 5.95 Å². The van der Waals surface area contributed by atoms with Crippen LogP contribution >= 0.6 is 0 Å². The summed E-state index contributed by atoms with van der Waals surface area (Å²) < 4.78 is 25.9. The zero-order valence-electron chi connectivity index (χ0n) is 11.1. The second-order valence-electron chi connectivity index (χ2n) is 4.51. The largest absolute Gasteiger partial charge is 0.494 e. The molecule has 104 valence electrons. The molecule has 0 fully saturated rings. The Labute approximate surface area is 114 Å². The first-order chi connectivity index (χ1) is 9.61. The average Bonchev–Trinajstić information content (AvgIpc) is 3.03. The Kier molecular flexibility index (Phi) is 2.85. The molecule has 1 atom stereocenters. The molecule has 0 radical (unpaired) electrons. The average molecular weight is 275 g/mol. The van der Waals surface area contributed by atoms with Crippen molar-refractivity contribution in [1.29, 1.82) is 0 Å². The van der Waals surface area contributed by atoms with Crippen LogP contribution in [-0.2, 0) is 0 Å². The summed E-state index contributed by atoms with van der Waals surface area (Å²) in [6.07, 6.45) is 1.60. The smallest absolute Gasteiger partial charge is 0.201 e. The minimum Gasteiger partial charge on any atom is -0.494 e. The molecule has 0 aliphatic heterocycles. The lowest BCUT2D eigenvalue weighted by atomic mass is 10.2. The van der Waals surface area contributed by atoms with Crippen LogP contribution in [0.1, 0.15) is 18.7 Å². The fourth-order valence-electron chi connectivity index (χ4n) is 2.34. The third kappa shape index (κ3) is 1.80. The number of ether oxygens (including phenoxy) is 1. The summed E-state index contributed by atoms with van der Waals surface area (Å²) in [7, 11) is 1.42. The fourth-order valence-corrected chi connectivity index (χ4v) is 2.34. The minimum absolute atomic E-state index is 0.148. The monoisotopic (exact) mass is 275 g/mol. The van der Waals surface area contributed by atoms with Gasteiger partial charge in [-0.05, 0) is 19.1 Å². The third-order valence-corrected chi connectivity index (χ3v) is 3.33. The normalized spacial score (nSPS) is 12.8. The first-order valence-corrected chi connectivity index (χ1v) is 6.16. The lowest BCUT2D eigenvalue weighted by molar-refractivity contribution is 0.387. The van der Waals surface area contributed by atoms with Gasteiger partial charge in [0.1, 0.15) is 5.76 Å². The number of rotatable bonds is 3. The molecule has 3 rings (SSSR count). The number of nitrogen functional groups attached to an aromatic ring is 1. The van der Waals surface area contributed by atoms with E-state index in [2.05, 4.69) is 4.98 Å². The van der Waals surface area contributed by atoms with Gasteiger partial charge in [-0.1, -0.05) is 0 Å². The van der Waals surface area contributed by atoms with Crippen LogP contribution in [0.25, 0.3) is 11.0 Å². The van der Waals surface area contributed by atoms with Gasteiger partial charge in [0.15, 0.2) is 11.6 Å². The molecule has 0 saturated carbocycles. The van der Waals surface area contributed by atoms with Gasteiger partial charge in [-0.15, -0.1) is 0 Å². The van der Waals surface area contributed by atoms with E-state index in [1.807, 2.05) is 13.0 Å². The molecule has 1 unspecified atom stereocenters. The highest BCUT2D eigenvalue weighted by Crippen LogP contribution is 2.31. The predicted octanol–water partition coefficient (Wildman–Crippen LogP) is 2.97. The number of hydrogen-bond acceptors (Lipinski definition) is 4. The van der Waals surface area contributed by atoms with Gasteiger partial charge in [0, 0.05) is 12.1 Å². The third-order valence-electron chi connectivity index (χ3n) is 3.33. The Bertz CT molecular complexity index is 749. The number of anilines is 1. The minimum atomic E-state index is -0.463. The van der Waals surface area contributed by atoms with Crippen molar-refractivity contribution < 1.29 is 13.5 Å². The number of nitrogens with two attached hydrogens (primary N) is 1. The molecule has 2 aromatic heterocycles. The van der Waals surface area contributed by atoms with Gasteiger partial charge in [0.05, 0.1) is 30.4 Å². The summed E-state index contributed by atoms with van der Waals surface area (Å²) in [4.78, 5) is 4.18.